The van der Waals surface area contributed by atoms with Gasteiger partial charge < -0.3 is 0 Å². The predicted molar refractivity (Wildman–Crippen MR) is 136 cm³/mol. The average Bonchev–Trinajstić information content (AvgIpc) is 3.30. The molecule has 0 fully saturated rings. The van der Waals surface area contributed by atoms with Gasteiger partial charge in [-0.3, -0.25) is 0 Å². The molecule has 0 atom stereocenters. The summed E-state index contributed by atoms with van der Waals surface area (Å²) in [4.78, 5) is 0. The molecular weight excluding hydrogens is 408 g/mol. The zero-order chi connectivity index (χ0) is 21.7. The fourth-order valence-electron chi connectivity index (χ4n) is 5.64. The van der Waals surface area contributed by atoms with Gasteiger partial charge in [-0.1, -0.05) is 121 Å². The first-order valence-electron chi connectivity index (χ1n) is 10.9. The molecule has 1 spiro atoms. The zero-order valence-corrected chi connectivity index (χ0v) is 18.3. The summed E-state index contributed by atoms with van der Waals surface area (Å²) in [5.41, 5.74) is 11.2. The molecule has 0 N–H and O–H groups in total. The molecule has 4 aromatic rings. The molecule has 6 rings (SSSR count). The average molecular weight is 429 g/mol. The third-order valence-corrected chi connectivity index (χ3v) is 7.00. The Hall–Kier alpha value is -3.61. The molecule has 1 heteroatoms. The lowest BCUT2D eigenvalue weighted by Gasteiger charge is -2.33. The van der Waals surface area contributed by atoms with Crippen LogP contribution in [0.15, 0.2) is 122 Å². The smallest absolute Gasteiger partial charge is 0.0731 e. The fourth-order valence-corrected chi connectivity index (χ4v) is 5.76. The van der Waals surface area contributed by atoms with Crippen LogP contribution in [0.3, 0.4) is 0 Å². The molecule has 0 unspecified atom stereocenters. The van der Waals surface area contributed by atoms with E-state index in [9.17, 15) is 0 Å². The third-order valence-electron chi connectivity index (χ3n) is 6.75. The summed E-state index contributed by atoms with van der Waals surface area (Å²) in [6.07, 6.45) is 6.08. The van der Waals surface area contributed by atoms with E-state index in [1.165, 1.54) is 50.1 Å². The van der Waals surface area contributed by atoms with Gasteiger partial charge in [0.05, 0.1) is 5.41 Å². The molecule has 0 saturated heterocycles. The number of allylic oxidation sites excluding steroid dienone is 5. The van der Waals surface area contributed by atoms with Crippen LogP contribution < -0.4 is 0 Å². The minimum atomic E-state index is -0.377. The normalized spacial score (nSPS) is 15.2. The van der Waals surface area contributed by atoms with Gasteiger partial charge in [-0.05, 0) is 62.2 Å². The number of hydrogen-bond acceptors (Lipinski definition) is 0. The van der Waals surface area contributed by atoms with Gasteiger partial charge in [0.2, 0.25) is 0 Å². The lowest BCUT2D eigenvalue weighted by molar-refractivity contribution is 0.842. The molecule has 0 aliphatic heterocycles. The van der Waals surface area contributed by atoms with Gasteiger partial charge >= 0.3 is 0 Å². The van der Waals surface area contributed by atoms with Crippen molar-refractivity contribution >= 4 is 22.7 Å². The molecule has 0 bridgehead atoms. The van der Waals surface area contributed by atoms with E-state index in [2.05, 4.69) is 97.6 Å². The highest BCUT2D eigenvalue weighted by atomic mass is 35.5. The summed E-state index contributed by atoms with van der Waals surface area (Å²) in [6.45, 7) is 3.92. The van der Waals surface area contributed by atoms with Crippen molar-refractivity contribution in [2.75, 3.05) is 0 Å². The van der Waals surface area contributed by atoms with Crippen molar-refractivity contribution in [3.63, 3.8) is 0 Å². The van der Waals surface area contributed by atoms with Crippen LogP contribution in [0.2, 0.25) is 5.02 Å². The third kappa shape index (κ3) is 2.45. The molecule has 152 valence electrons. The monoisotopic (exact) mass is 428 g/mol. The SMILES string of the molecule is C=C/C=C\C1=C(c2ccc(Cl)cc2)C2(c3ccccc31)c1ccccc1-c1ccccc12. The van der Waals surface area contributed by atoms with Crippen molar-refractivity contribution in [2.45, 2.75) is 5.41 Å². The second-order valence-electron chi connectivity index (χ2n) is 8.28. The first kappa shape index (κ1) is 19.1. The van der Waals surface area contributed by atoms with Crippen molar-refractivity contribution in [1.82, 2.24) is 0 Å². The van der Waals surface area contributed by atoms with Gasteiger partial charge in [0.25, 0.3) is 0 Å². The molecule has 0 radical (unpaired) electrons. The van der Waals surface area contributed by atoms with Crippen LogP contribution in [0.25, 0.3) is 22.3 Å². The van der Waals surface area contributed by atoms with E-state index in [4.69, 9.17) is 11.6 Å². The molecule has 0 heterocycles. The molecule has 2 aliphatic carbocycles. The minimum Gasteiger partial charge on any atom is -0.0991 e. The van der Waals surface area contributed by atoms with Crippen LogP contribution in [0.4, 0.5) is 0 Å². The van der Waals surface area contributed by atoms with Crippen LogP contribution in [-0.4, -0.2) is 0 Å². The van der Waals surface area contributed by atoms with Crippen LogP contribution in [0.5, 0.6) is 0 Å². The largest absolute Gasteiger partial charge is 0.0991 e. The van der Waals surface area contributed by atoms with Crippen LogP contribution in [-0.2, 0) is 5.41 Å². The lowest BCUT2D eigenvalue weighted by atomic mass is 9.68. The van der Waals surface area contributed by atoms with Crippen LogP contribution in [0.1, 0.15) is 27.8 Å². The summed E-state index contributed by atoms with van der Waals surface area (Å²) in [5.74, 6) is 0. The highest BCUT2D eigenvalue weighted by Gasteiger charge is 2.52. The molecule has 0 saturated carbocycles. The number of rotatable bonds is 3. The highest BCUT2D eigenvalue weighted by molar-refractivity contribution is 6.30. The Morgan fingerprint density at radius 1 is 0.625 bits per heavy atom. The summed E-state index contributed by atoms with van der Waals surface area (Å²) in [6, 6.07) is 34.8. The highest BCUT2D eigenvalue weighted by Crippen LogP contribution is 2.64. The van der Waals surface area contributed by atoms with E-state index in [1.807, 2.05) is 24.3 Å². The van der Waals surface area contributed by atoms with Gasteiger partial charge in [0.15, 0.2) is 0 Å². The molecule has 32 heavy (non-hydrogen) atoms. The van der Waals surface area contributed by atoms with Gasteiger partial charge in [-0.15, -0.1) is 0 Å². The van der Waals surface area contributed by atoms with E-state index in [0.717, 1.165) is 5.02 Å². The lowest BCUT2D eigenvalue weighted by Crippen LogP contribution is -2.26. The summed E-state index contributed by atoms with van der Waals surface area (Å²) in [5, 5.41) is 0.745. The molecule has 0 nitrogen and oxygen atoms in total. The molecule has 0 amide bonds. The second-order valence-corrected chi connectivity index (χ2v) is 8.71. The maximum atomic E-state index is 6.30. The first-order chi connectivity index (χ1) is 15.8. The van der Waals surface area contributed by atoms with Gasteiger partial charge in [0.1, 0.15) is 0 Å². The standard InChI is InChI=1S/C31H21Cl/c1-2-3-10-26-25-13-6-9-16-29(25)31(30(26)21-17-19-22(32)20-18-21)27-14-7-4-11-23(27)24-12-5-8-15-28(24)31/h2-20H,1H2/b10-3-. The Morgan fingerprint density at radius 2 is 1.12 bits per heavy atom. The number of halogens is 1. The summed E-state index contributed by atoms with van der Waals surface area (Å²) >= 11 is 6.30. The van der Waals surface area contributed by atoms with Crippen molar-refractivity contribution < 1.29 is 0 Å². The molecule has 4 aromatic carbocycles. The topological polar surface area (TPSA) is 0 Å². The number of hydrogen-bond donors (Lipinski definition) is 0. The van der Waals surface area contributed by atoms with Gasteiger partial charge in [-0.25, -0.2) is 0 Å². The number of fused-ring (bicyclic) bond motifs is 7. The number of benzene rings is 4. The Kier molecular flexibility index (Phi) is 4.31. The second kappa shape index (κ2) is 7.22. The minimum absolute atomic E-state index is 0.377. The molecule has 2 aliphatic rings. The maximum Gasteiger partial charge on any atom is 0.0731 e. The van der Waals surface area contributed by atoms with Gasteiger partial charge in [0, 0.05) is 5.02 Å². The van der Waals surface area contributed by atoms with Crippen molar-refractivity contribution in [1.29, 1.82) is 0 Å². The zero-order valence-electron chi connectivity index (χ0n) is 17.6. The van der Waals surface area contributed by atoms with E-state index in [0.29, 0.717) is 0 Å². The molecular formula is C31H21Cl. The van der Waals surface area contributed by atoms with E-state index < -0.39 is 0 Å². The van der Waals surface area contributed by atoms with Crippen LogP contribution in [0, 0.1) is 0 Å². The van der Waals surface area contributed by atoms with E-state index >= 15 is 0 Å². The summed E-state index contributed by atoms with van der Waals surface area (Å²) in [7, 11) is 0. The Balaban J connectivity index is 1.83. The van der Waals surface area contributed by atoms with Crippen LogP contribution >= 0.6 is 11.6 Å². The first-order valence-corrected chi connectivity index (χ1v) is 11.2. The fraction of sp³-hybridized carbons (Fsp3) is 0.0323. The maximum absolute atomic E-state index is 6.30. The van der Waals surface area contributed by atoms with Gasteiger partial charge in [-0.2, -0.15) is 0 Å². The van der Waals surface area contributed by atoms with Crippen molar-refractivity contribution in [2.24, 2.45) is 0 Å². The van der Waals surface area contributed by atoms with Crippen molar-refractivity contribution in [3.8, 4) is 11.1 Å². The van der Waals surface area contributed by atoms with E-state index in [-0.39, 0.29) is 5.41 Å². The summed E-state index contributed by atoms with van der Waals surface area (Å²) < 4.78 is 0. The predicted octanol–water partition coefficient (Wildman–Crippen LogP) is 8.32. The Bertz CT molecular complexity index is 1390. The van der Waals surface area contributed by atoms with E-state index in [1.54, 1.807) is 0 Å². The molecule has 0 aromatic heterocycles. The Morgan fingerprint density at radius 3 is 1.69 bits per heavy atom. The van der Waals surface area contributed by atoms with Crippen molar-refractivity contribution in [3.05, 3.63) is 155 Å². The Labute approximate surface area is 193 Å². The quantitative estimate of drug-likeness (QED) is 0.288.